The second-order valence-corrected chi connectivity index (χ2v) is 3.80. The number of hydrogen-bond donors (Lipinski definition) is 0. The Hall–Kier alpha value is -0.930. The number of halogens is 2. The van der Waals surface area contributed by atoms with Crippen molar-refractivity contribution in [3.8, 4) is 5.75 Å². The van der Waals surface area contributed by atoms with Crippen LogP contribution in [-0.4, -0.2) is 35.8 Å². The summed E-state index contributed by atoms with van der Waals surface area (Å²) in [5.41, 5.74) is 0. The first-order valence-corrected chi connectivity index (χ1v) is 5.98. The van der Waals surface area contributed by atoms with Gasteiger partial charge in [0.1, 0.15) is 5.75 Å². The lowest BCUT2D eigenvalue weighted by atomic mass is 10.3. The quantitative estimate of drug-likeness (QED) is 0.763. The van der Waals surface area contributed by atoms with Gasteiger partial charge in [0.25, 0.3) is 0 Å². The van der Waals surface area contributed by atoms with Gasteiger partial charge in [-0.1, -0.05) is 18.2 Å². The van der Waals surface area contributed by atoms with Crippen LogP contribution >= 0.6 is 23.2 Å². The van der Waals surface area contributed by atoms with Crippen molar-refractivity contribution in [1.82, 2.24) is 4.90 Å². The Morgan fingerprint density at radius 1 is 1.12 bits per heavy atom. The first-order chi connectivity index (χ1) is 7.77. The van der Waals surface area contributed by atoms with Crippen molar-refractivity contribution in [2.24, 2.45) is 0 Å². The van der Waals surface area contributed by atoms with Gasteiger partial charge in [0.15, 0.2) is 0 Å². The molecule has 0 saturated heterocycles. The largest absolute Gasteiger partial charge is 0.415 e. The number of ether oxygens (including phenoxy) is 1. The van der Waals surface area contributed by atoms with Gasteiger partial charge in [0, 0.05) is 24.8 Å². The van der Waals surface area contributed by atoms with Gasteiger partial charge in [-0.05, 0) is 12.1 Å². The van der Waals surface area contributed by atoms with E-state index in [9.17, 15) is 4.79 Å². The van der Waals surface area contributed by atoms with Crippen LogP contribution in [0.3, 0.4) is 0 Å². The van der Waals surface area contributed by atoms with Gasteiger partial charge in [-0.2, -0.15) is 0 Å². The SMILES string of the molecule is O=C(Oc1ccccc1)N(CCCl)CCCl. The Morgan fingerprint density at radius 3 is 2.19 bits per heavy atom. The maximum atomic E-state index is 11.7. The molecule has 0 N–H and O–H groups in total. The molecule has 0 fully saturated rings. The Labute approximate surface area is 105 Å². The molecule has 0 aliphatic carbocycles. The summed E-state index contributed by atoms with van der Waals surface area (Å²) in [4.78, 5) is 13.2. The predicted octanol–water partition coefficient (Wildman–Crippen LogP) is 2.97. The van der Waals surface area contributed by atoms with Gasteiger partial charge in [0.05, 0.1) is 0 Å². The molecule has 0 spiro atoms. The van der Waals surface area contributed by atoms with Crippen LogP contribution in [0.4, 0.5) is 4.79 Å². The molecule has 0 saturated carbocycles. The van der Waals surface area contributed by atoms with Gasteiger partial charge in [-0.25, -0.2) is 4.79 Å². The van der Waals surface area contributed by atoms with Crippen molar-refractivity contribution in [3.63, 3.8) is 0 Å². The van der Waals surface area contributed by atoms with Crippen LogP contribution in [0.1, 0.15) is 0 Å². The summed E-state index contributed by atoms with van der Waals surface area (Å²) >= 11 is 11.2. The molecule has 1 rings (SSSR count). The number of alkyl halides is 2. The van der Waals surface area contributed by atoms with Gasteiger partial charge < -0.3 is 9.64 Å². The molecule has 0 aliphatic heterocycles. The number of carbonyl (C=O) groups excluding carboxylic acids is 1. The topological polar surface area (TPSA) is 29.5 Å². The normalized spacial score (nSPS) is 9.88. The lowest BCUT2D eigenvalue weighted by Gasteiger charge is -2.19. The minimum Gasteiger partial charge on any atom is -0.410 e. The molecule has 0 atom stereocenters. The number of carbonyl (C=O) groups is 1. The molecule has 0 bridgehead atoms. The van der Waals surface area contributed by atoms with E-state index in [0.717, 1.165) is 0 Å². The van der Waals surface area contributed by atoms with Crippen molar-refractivity contribution >= 4 is 29.3 Å². The minimum atomic E-state index is -0.424. The number of rotatable bonds is 5. The highest BCUT2D eigenvalue weighted by atomic mass is 35.5. The third kappa shape index (κ3) is 4.29. The molecule has 3 nitrogen and oxygen atoms in total. The highest BCUT2D eigenvalue weighted by Gasteiger charge is 2.14. The van der Waals surface area contributed by atoms with E-state index in [1.54, 1.807) is 24.3 Å². The highest BCUT2D eigenvalue weighted by Crippen LogP contribution is 2.10. The standard InChI is InChI=1S/C11H13Cl2NO2/c12-6-8-14(9-7-13)11(15)16-10-4-2-1-3-5-10/h1-5H,6-9H2. The number of hydrogen-bond acceptors (Lipinski definition) is 2. The molecule has 0 aromatic heterocycles. The molecule has 16 heavy (non-hydrogen) atoms. The van der Waals surface area contributed by atoms with Crippen molar-refractivity contribution in [2.75, 3.05) is 24.8 Å². The van der Waals surface area contributed by atoms with Crippen LogP contribution in [0.2, 0.25) is 0 Å². The molecule has 1 amide bonds. The van der Waals surface area contributed by atoms with Crippen LogP contribution in [0.5, 0.6) is 5.75 Å². The predicted molar refractivity (Wildman–Crippen MR) is 65.5 cm³/mol. The Morgan fingerprint density at radius 2 is 1.69 bits per heavy atom. The lowest BCUT2D eigenvalue weighted by molar-refractivity contribution is 0.158. The molecule has 0 unspecified atom stereocenters. The molecule has 5 heteroatoms. The average Bonchev–Trinajstić information content (AvgIpc) is 2.30. The number of nitrogens with zero attached hydrogens (tertiary/aromatic N) is 1. The fourth-order valence-electron chi connectivity index (χ4n) is 1.15. The zero-order chi connectivity index (χ0) is 11.8. The lowest BCUT2D eigenvalue weighted by Crippen LogP contribution is -2.36. The van der Waals surface area contributed by atoms with Crippen LogP contribution in [0.25, 0.3) is 0 Å². The van der Waals surface area contributed by atoms with E-state index in [4.69, 9.17) is 27.9 Å². The van der Waals surface area contributed by atoms with Gasteiger partial charge in [-0.3, -0.25) is 0 Å². The molecule has 1 aromatic carbocycles. The Kier molecular flexibility index (Phi) is 6.04. The van der Waals surface area contributed by atoms with E-state index in [-0.39, 0.29) is 0 Å². The zero-order valence-corrected chi connectivity index (χ0v) is 10.2. The molecule has 0 aliphatic rings. The first-order valence-electron chi connectivity index (χ1n) is 4.91. The Balaban J connectivity index is 2.55. The molecule has 1 aromatic rings. The Bertz CT molecular complexity index is 313. The summed E-state index contributed by atoms with van der Waals surface area (Å²) < 4.78 is 5.15. The van der Waals surface area contributed by atoms with E-state index in [1.807, 2.05) is 6.07 Å². The van der Waals surface area contributed by atoms with E-state index in [1.165, 1.54) is 4.90 Å². The fourth-order valence-corrected chi connectivity index (χ4v) is 1.56. The van der Waals surface area contributed by atoms with Crippen LogP contribution in [-0.2, 0) is 0 Å². The molecule has 0 radical (unpaired) electrons. The number of benzene rings is 1. The summed E-state index contributed by atoms with van der Waals surface area (Å²) in [7, 11) is 0. The third-order valence-corrected chi connectivity index (χ3v) is 2.25. The summed E-state index contributed by atoms with van der Waals surface area (Å²) in [5.74, 6) is 1.24. The van der Waals surface area contributed by atoms with E-state index in [2.05, 4.69) is 0 Å². The first kappa shape index (κ1) is 13.1. The molecular formula is C11H13Cl2NO2. The maximum Gasteiger partial charge on any atom is 0.415 e. The summed E-state index contributed by atoms with van der Waals surface area (Å²) in [6.45, 7) is 0.861. The van der Waals surface area contributed by atoms with Gasteiger partial charge in [0.2, 0.25) is 0 Å². The molecule has 0 heterocycles. The van der Waals surface area contributed by atoms with E-state index < -0.39 is 6.09 Å². The summed E-state index contributed by atoms with van der Waals surface area (Å²) in [6, 6.07) is 8.90. The van der Waals surface area contributed by atoms with Crippen molar-refractivity contribution in [3.05, 3.63) is 30.3 Å². The summed E-state index contributed by atoms with van der Waals surface area (Å²) in [6.07, 6.45) is -0.424. The molecular weight excluding hydrogens is 249 g/mol. The van der Waals surface area contributed by atoms with Crippen molar-refractivity contribution < 1.29 is 9.53 Å². The summed E-state index contributed by atoms with van der Waals surface area (Å²) in [5, 5.41) is 0. The van der Waals surface area contributed by atoms with Crippen LogP contribution in [0.15, 0.2) is 30.3 Å². The van der Waals surface area contributed by atoms with Crippen LogP contribution in [0, 0.1) is 0 Å². The van der Waals surface area contributed by atoms with Crippen molar-refractivity contribution in [2.45, 2.75) is 0 Å². The average molecular weight is 262 g/mol. The fraction of sp³-hybridized carbons (Fsp3) is 0.364. The maximum absolute atomic E-state index is 11.7. The third-order valence-electron chi connectivity index (χ3n) is 1.92. The number of para-hydroxylation sites is 1. The molecule has 88 valence electrons. The van der Waals surface area contributed by atoms with E-state index >= 15 is 0 Å². The minimum absolute atomic E-state index is 0.362. The second kappa shape index (κ2) is 7.36. The second-order valence-electron chi connectivity index (χ2n) is 3.05. The highest BCUT2D eigenvalue weighted by molar-refractivity contribution is 6.18. The van der Waals surface area contributed by atoms with Crippen molar-refractivity contribution in [1.29, 1.82) is 0 Å². The van der Waals surface area contributed by atoms with Crippen LogP contribution < -0.4 is 4.74 Å². The number of amides is 1. The van der Waals surface area contributed by atoms with Gasteiger partial charge in [-0.15, -0.1) is 23.2 Å². The smallest absolute Gasteiger partial charge is 0.410 e. The van der Waals surface area contributed by atoms with E-state index in [0.29, 0.717) is 30.6 Å². The monoisotopic (exact) mass is 261 g/mol. The van der Waals surface area contributed by atoms with Gasteiger partial charge >= 0.3 is 6.09 Å². The zero-order valence-electron chi connectivity index (χ0n) is 8.73.